The lowest BCUT2D eigenvalue weighted by atomic mass is 9.82. The summed E-state index contributed by atoms with van der Waals surface area (Å²) in [4.78, 5) is 26.0. The third-order valence-corrected chi connectivity index (χ3v) is 4.28. The average molecular weight is 304 g/mol. The second-order valence-electron chi connectivity index (χ2n) is 5.76. The number of carbonyl (C=O) groups is 2. The fourth-order valence-electron chi connectivity index (χ4n) is 2.83. The van der Waals surface area contributed by atoms with Crippen molar-refractivity contribution in [3.63, 3.8) is 0 Å². The Labute approximate surface area is 127 Å². The van der Waals surface area contributed by atoms with E-state index in [4.69, 9.17) is 5.73 Å². The van der Waals surface area contributed by atoms with E-state index >= 15 is 0 Å². The van der Waals surface area contributed by atoms with E-state index in [1.807, 2.05) is 4.90 Å². The van der Waals surface area contributed by atoms with Crippen LogP contribution in [0.1, 0.15) is 38.5 Å². The zero-order valence-electron chi connectivity index (χ0n) is 12.0. The van der Waals surface area contributed by atoms with Crippen LogP contribution in [-0.2, 0) is 9.59 Å². The first-order valence-corrected chi connectivity index (χ1v) is 7.46. The number of likely N-dealkylation sites (tertiary alicyclic amines) is 1. The molecule has 6 heteroatoms. The predicted molar refractivity (Wildman–Crippen MR) is 80.6 cm³/mol. The van der Waals surface area contributed by atoms with Crippen LogP contribution in [0, 0.1) is 11.8 Å². The zero-order valence-corrected chi connectivity index (χ0v) is 12.8. The minimum Gasteiger partial charge on any atom is -0.355 e. The lowest BCUT2D eigenvalue weighted by Gasteiger charge is -2.34. The first-order valence-electron chi connectivity index (χ1n) is 7.46. The van der Waals surface area contributed by atoms with E-state index in [1.165, 1.54) is 19.3 Å². The molecule has 0 radical (unpaired) electrons. The Kier molecular flexibility index (Phi) is 7.30. The van der Waals surface area contributed by atoms with Crippen LogP contribution in [0.3, 0.4) is 0 Å². The number of hydrogen-bond acceptors (Lipinski definition) is 3. The number of carbonyl (C=O) groups excluding carboxylic acids is 2. The Morgan fingerprint density at radius 2 is 1.95 bits per heavy atom. The fraction of sp³-hybridized carbons (Fsp3) is 0.857. The van der Waals surface area contributed by atoms with Crippen molar-refractivity contribution < 1.29 is 9.59 Å². The van der Waals surface area contributed by atoms with Crippen molar-refractivity contribution >= 4 is 24.2 Å². The minimum atomic E-state index is -0.0503. The summed E-state index contributed by atoms with van der Waals surface area (Å²) in [5.41, 5.74) is 5.38. The molecule has 3 N–H and O–H groups in total. The SMILES string of the molecule is Cl.NCCNC(=O)C1CCCN(C(=O)CC2CCC2)C1. The average Bonchev–Trinajstić information content (AvgIpc) is 2.40. The van der Waals surface area contributed by atoms with Crippen LogP contribution in [0.4, 0.5) is 0 Å². The molecule has 1 atom stereocenters. The molecular weight excluding hydrogens is 278 g/mol. The molecule has 1 aliphatic carbocycles. The molecule has 5 nitrogen and oxygen atoms in total. The molecule has 0 spiro atoms. The van der Waals surface area contributed by atoms with E-state index in [1.54, 1.807) is 0 Å². The van der Waals surface area contributed by atoms with Crippen molar-refractivity contribution in [2.75, 3.05) is 26.2 Å². The molecule has 2 aliphatic rings. The molecule has 116 valence electrons. The van der Waals surface area contributed by atoms with E-state index in [0.717, 1.165) is 19.4 Å². The van der Waals surface area contributed by atoms with Gasteiger partial charge in [-0.25, -0.2) is 0 Å². The largest absolute Gasteiger partial charge is 0.355 e. The predicted octanol–water partition coefficient (Wildman–Crippen LogP) is 0.912. The van der Waals surface area contributed by atoms with Gasteiger partial charge in [0.15, 0.2) is 0 Å². The molecule has 1 saturated heterocycles. The van der Waals surface area contributed by atoms with Gasteiger partial charge in [0.25, 0.3) is 0 Å². The van der Waals surface area contributed by atoms with E-state index < -0.39 is 0 Å². The minimum absolute atomic E-state index is 0. The molecule has 2 fully saturated rings. The number of hydrogen-bond donors (Lipinski definition) is 2. The Bertz CT molecular complexity index is 334. The first kappa shape index (κ1) is 17.2. The summed E-state index contributed by atoms with van der Waals surface area (Å²) in [6, 6.07) is 0. The molecule has 1 heterocycles. The van der Waals surface area contributed by atoms with Gasteiger partial charge < -0.3 is 16.0 Å². The maximum absolute atomic E-state index is 12.2. The second-order valence-corrected chi connectivity index (χ2v) is 5.76. The van der Waals surface area contributed by atoms with Crippen LogP contribution >= 0.6 is 12.4 Å². The lowest BCUT2D eigenvalue weighted by Crippen LogP contribution is -2.46. The summed E-state index contributed by atoms with van der Waals surface area (Å²) in [5, 5.41) is 2.82. The van der Waals surface area contributed by atoms with Gasteiger partial charge in [-0.2, -0.15) is 0 Å². The highest BCUT2D eigenvalue weighted by Gasteiger charge is 2.30. The maximum Gasteiger partial charge on any atom is 0.224 e. The van der Waals surface area contributed by atoms with E-state index in [2.05, 4.69) is 5.32 Å². The molecular formula is C14H26ClN3O2. The summed E-state index contributed by atoms with van der Waals surface area (Å²) in [7, 11) is 0. The number of nitrogens with two attached hydrogens (primary N) is 1. The smallest absolute Gasteiger partial charge is 0.224 e. The molecule has 0 bridgehead atoms. The third kappa shape index (κ3) is 4.63. The Balaban J connectivity index is 0.00000200. The first-order chi connectivity index (χ1) is 9.20. The molecule has 2 amide bonds. The van der Waals surface area contributed by atoms with Crippen molar-refractivity contribution in [1.29, 1.82) is 0 Å². The van der Waals surface area contributed by atoms with Crippen LogP contribution in [-0.4, -0.2) is 42.9 Å². The standard InChI is InChI=1S/C14H25N3O2.ClH/c15-6-7-16-14(19)12-5-2-8-17(10-12)13(18)9-11-3-1-4-11;/h11-12H,1-10,15H2,(H,16,19);1H. The van der Waals surface area contributed by atoms with Crippen molar-refractivity contribution in [3.8, 4) is 0 Å². The molecule has 1 aliphatic heterocycles. The van der Waals surface area contributed by atoms with E-state index in [0.29, 0.717) is 32.0 Å². The number of amides is 2. The number of rotatable bonds is 5. The van der Waals surface area contributed by atoms with Gasteiger partial charge in [0.1, 0.15) is 0 Å². The van der Waals surface area contributed by atoms with Crippen molar-refractivity contribution in [3.05, 3.63) is 0 Å². The van der Waals surface area contributed by atoms with E-state index in [9.17, 15) is 9.59 Å². The molecule has 20 heavy (non-hydrogen) atoms. The van der Waals surface area contributed by atoms with Crippen molar-refractivity contribution in [2.24, 2.45) is 17.6 Å². The highest BCUT2D eigenvalue weighted by Crippen LogP contribution is 2.30. The fourth-order valence-corrected chi connectivity index (χ4v) is 2.83. The zero-order chi connectivity index (χ0) is 13.7. The summed E-state index contributed by atoms with van der Waals surface area (Å²) < 4.78 is 0. The maximum atomic E-state index is 12.2. The van der Waals surface area contributed by atoms with Gasteiger partial charge in [-0.1, -0.05) is 6.42 Å². The monoisotopic (exact) mass is 303 g/mol. The molecule has 2 rings (SSSR count). The lowest BCUT2D eigenvalue weighted by molar-refractivity contribution is -0.137. The summed E-state index contributed by atoms with van der Waals surface area (Å²) in [6.45, 7) is 2.38. The van der Waals surface area contributed by atoms with Crippen LogP contribution in [0.15, 0.2) is 0 Å². The Morgan fingerprint density at radius 3 is 2.55 bits per heavy atom. The van der Waals surface area contributed by atoms with Crippen LogP contribution in [0.2, 0.25) is 0 Å². The second kappa shape index (κ2) is 8.47. The van der Waals surface area contributed by atoms with Gasteiger partial charge >= 0.3 is 0 Å². The van der Waals surface area contributed by atoms with Crippen LogP contribution in [0.25, 0.3) is 0 Å². The molecule has 0 aromatic heterocycles. The van der Waals surface area contributed by atoms with E-state index in [-0.39, 0.29) is 30.1 Å². The summed E-state index contributed by atoms with van der Waals surface area (Å²) in [5.74, 6) is 0.831. The van der Waals surface area contributed by atoms with Crippen molar-refractivity contribution in [1.82, 2.24) is 10.2 Å². The van der Waals surface area contributed by atoms with Crippen LogP contribution in [0.5, 0.6) is 0 Å². The molecule has 0 aromatic rings. The van der Waals surface area contributed by atoms with Crippen LogP contribution < -0.4 is 11.1 Å². The Hall–Kier alpha value is -0.810. The van der Waals surface area contributed by atoms with Gasteiger partial charge in [-0.3, -0.25) is 9.59 Å². The number of halogens is 1. The summed E-state index contributed by atoms with van der Waals surface area (Å²) in [6.07, 6.45) is 6.14. The number of nitrogens with one attached hydrogen (secondary N) is 1. The van der Waals surface area contributed by atoms with Gasteiger partial charge in [0.05, 0.1) is 5.92 Å². The van der Waals surface area contributed by atoms with Gasteiger partial charge in [0.2, 0.25) is 11.8 Å². The Morgan fingerprint density at radius 1 is 1.20 bits per heavy atom. The topological polar surface area (TPSA) is 75.4 Å². The van der Waals surface area contributed by atoms with Gasteiger partial charge in [-0.05, 0) is 31.6 Å². The molecule has 0 aromatic carbocycles. The molecule has 1 saturated carbocycles. The highest BCUT2D eigenvalue weighted by atomic mass is 35.5. The number of nitrogens with zero attached hydrogens (tertiary/aromatic N) is 1. The normalized spacial score (nSPS) is 22.6. The highest BCUT2D eigenvalue weighted by molar-refractivity contribution is 5.85. The quantitative estimate of drug-likeness (QED) is 0.793. The number of piperidine rings is 1. The van der Waals surface area contributed by atoms with Crippen molar-refractivity contribution in [2.45, 2.75) is 38.5 Å². The molecule has 1 unspecified atom stereocenters. The van der Waals surface area contributed by atoms with Gasteiger partial charge in [0, 0.05) is 32.6 Å². The van der Waals surface area contributed by atoms with Gasteiger partial charge in [-0.15, -0.1) is 12.4 Å². The summed E-state index contributed by atoms with van der Waals surface area (Å²) >= 11 is 0. The third-order valence-electron chi connectivity index (χ3n) is 4.28.